The van der Waals surface area contributed by atoms with Gasteiger partial charge in [0.1, 0.15) is 0 Å². The first-order chi connectivity index (χ1) is 11.2. The second-order valence-corrected chi connectivity index (χ2v) is 7.91. The summed E-state index contributed by atoms with van der Waals surface area (Å²) in [5.41, 5.74) is 4.99. The normalized spacial score (nSPS) is 35.7. The number of rotatable bonds is 4. The summed E-state index contributed by atoms with van der Waals surface area (Å²) in [6, 6.07) is 0. The Labute approximate surface area is 141 Å². The first-order valence-corrected chi connectivity index (χ1v) is 8.67. The highest BCUT2D eigenvalue weighted by molar-refractivity contribution is 5.91. The van der Waals surface area contributed by atoms with E-state index in [0.717, 1.165) is 12.8 Å². The summed E-state index contributed by atoms with van der Waals surface area (Å²) in [4.78, 5) is 37.2. The zero-order chi connectivity index (χ0) is 17.6. The average molecular weight is 338 g/mol. The van der Waals surface area contributed by atoms with Crippen LogP contribution in [0.15, 0.2) is 0 Å². The van der Waals surface area contributed by atoms with E-state index in [0.29, 0.717) is 26.1 Å². The third-order valence-corrected chi connectivity index (χ3v) is 6.18. The molecular formula is C17H26N2O5. The van der Waals surface area contributed by atoms with Crippen LogP contribution in [0.1, 0.15) is 33.1 Å². The van der Waals surface area contributed by atoms with Crippen molar-refractivity contribution in [2.24, 2.45) is 34.8 Å². The number of aliphatic carboxylic acids is 1. The number of piperidine rings is 1. The monoisotopic (exact) mass is 338 g/mol. The van der Waals surface area contributed by atoms with Crippen molar-refractivity contribution in [2.45, 2.75) is 39.2 Å². The van der Waals surface area contributed by atoms with Gasteiger partial charge < -0.3 is 20.5 Å². The highest BCUT2D eigenvalue weighted by atomic mass is 16.5. The van der Waals surface area contributed by atoms with Crippen molar-refractivity contribution in [1.82, 2.24) is 4.90 Å². The van der Waals surface area contributed by atoms with E-state index < -0.39 is 23.2 Å². The van der Waals surface area contributed by atoms with E-state index in [2.05, 4.69) is 0 Å². The Morgan fingerprint density at radius 2 is 1.75 bits per heavy atom. The smallest absolute Gasteiger partial charge is 0.307 e. The van der Waals surface area contributed by atoms with Crippen LogP contribution in [-0.4, -0.2) is 53.6 Å². The second-order valence-electron chi connectivity index (χ2n) is 7.91. The summed E-state index contributed by atoms with van der Waals surface area (Å²) in [5.74, 6) is -2.25. The van der Waals surface area contributed by atoms with Gasteiger partial charge in [0.2, 0.25) is 11.8 Å². The Bertz CT molecular complexity index is 553. The fourth-order valence-corrected chi connectivity index (χ4v) is 4.58. The van der Waals surface area contributed by atoms with Gasteiger partial charge in [-0.15, -0.1) is 0 Å². The largest absolute Gasteiger partial charge is 0.481 e. The van der Waals surface area contributed by atoms with Crippen LogP contribution in [0.4, 0.5) is 0 Å². The lowest BCUT2D eigenvalue weighted by molar-refractivity contribution is -0.142. The minimum Gasteiger partial charge on any atom is -0.481 e. The number of hydrogen-bond donors (Lipinski definition) is 2. The van der Waals surface area contributed by atoms with E-state index in [9.17, 15) is 19.5 Å². The lowest BCUT2D eigenvalue weighted by Crippen LogP contribution is -2.45. The molecule has 134 valence electrons. The van der Waals surface area contributed by atoms with Gasteiger partial charge in [0, 0.05) is 19.7 Å². The quantitative estimate of drug-likeness (QED) is 0.774. The summed E-state index contributed by atoms with van der Waals surface area (Å²) in [6.07, 6.45) is 2.08. The van der Waals surface area contributed by atoms with E-state index >= 15 is 0 Å². The number of carbonyl (C=O) groups excluding carboxylic acids is 2. The fourth-order valence-electron chi connectivity index (χ4n) is 4.58. The van der Waals surface area contributed by atoms with E-state index in [4.69, 9.17) is 10.5 Å². The van der Waals surface area contributed by atoms with Crippen molar-refractivity contribution in [2.75, 3.05) is 19.7 Å². The van der Waals surface area contributed by atoms with E-state index in [1.54, 1.807) is 4.90 Å². The predicted molar refractivity (Wildman–Crippen MR) is 84.7 cm³/mol. The molecule has 0 spiro atoms. The number of nitrogens with two attached hydrogens (primary N) is 1. The molecule has 2 saturated heterocycles. The zero-order valence-electron chi connectivity index (χ0n) is 14.2. The summed E-state index contributed by atoms with van der Waals surface area (Å²) >= 11 is 0. The Balaban J connectivity index is 1.57. The van der Waals surface area contributed by atoms with Crippen LogP contribution < -0.4 is 5.73 Å². The molecular weight excluding hydrogens is 312 g/mol. The molecule has 3 N–H and O–H groups in total. The number of carbonyl (C=O) groups is 3. The molecule has 2 aliphatic heterocycles. The van der Waals surface area contributed by atoms with Crippen LogP contribution in [0, 0.1) is 29.1 Å². The Kier molecular flexibility index (Phi) is 4.32. The maximum atomic E-state index is 12.6. The molecule has 7 nitrogen and oxygen atoms in total. The van der Waals surface area contributed by atoms with Crippen LogP contribution in [0.2, 0.25) is 0 Å². The number of nitrogens with zero attached hydrogens (tertiary/aromatic N) is 1. The van der Waals surface area contributed by atoms with E-state index in [1.165, 1.54) is 0 Å². The van der Waals surface area contributed by atoms with Gasteiger partial charge in [-0.1, -0.05) is 13.8 Å². The number of amides is 2. The van der Waals surface area contributed by atoms with Gasteiger partial charge in [-0.3, -0.25) is 14.4 Å². The number of ether oxygens (including phenoxy) is 1. The van der Waals surface area contributed by atoms with Gasteiger partial charge in [-0.05, 0) is 30.6 Å². The first kappa shape index (κ1) is 17.2. The number of hydrogen-bond acceptors (Lipinski definition) is 4. The van der Waals surface area contributed by atoms with Crippen molar-refractivity contribution in [3.8, 4) is 0 Å². The standard InChI is InChI=1S/C17H26N2O5/c1-17(2)11(12(17)16(22)23)15(21)19-6-3-9(4-7-19)13-10(14(18)20)5-8-24-13/h9-13H,3-8H2,1-2H3,(H2,18,20)(H,22,23)/t10-,11+,12-,13+/m0/s1. The molecule has 0 bridgehead atoms. The molecule has 0 radical (unpaired) electrons. The molecule has 0 unspecified atom stereocenters. The number of carboxylic acid groups (broad SMARTS) is 1. The van der Waals surface area contributed by atoms with Crippen LogP contribution in [-0.2, 0) is 19.1 Å². The van der Waals surface area contributed by atoms with E-state index in [1.807, 2.05) is 13.8 Å². The molecule has 1 aliphatic carbocycles. The molecule has 0 aromatic carbocycles. The molecule has 2 heterocycles. The molecule has 7 heteroatoms. The maximum absolute atomic E-state index is 12.6. The van der Waals surface area contributed by atoms with Gasteiger partial charge in [-0.2, -0.15) is 0 Å². The minimum absolute atomic E-state index is 0.0513. The summed E-state index contributed by atoms with van der Waals surface area (Å²) in [6.45, 7) is 5.42. The molecule has 0 aromatic rings. The topological polar surface area (TPSA) is 110 Å². The first-order valence-electron chi connectivity index (χ1n) is 8.67. The molecule has 1 saturated carbocycles. The highest BCUT2D eigenvalue weighted by Crippen LogP contribution is 2.59. The van der Waals surface area contributed by atoms with Gasteiger partial charge in [0.15, 0.2) is 0 Å². The SMILES string of the molecule is CC1(C)[C@H](C(=O)O)[C@@H]1C(=O)N1CCC([C@H]2OCC[C@@H]2C(N)=O)CC1. The Hall–Kier alpha value is -1.63. The van der Waals surface area contributed by atoms with Gasteiger partial charge >= 0.3 is 5.97 Å². The molecule has 3 fully saturated rings. The Morgan fingerprint density at radius 1 is 1.12 bits per heavy atom. The second kappa shape index (κ2) is 6.02. The number of likely N-dealkylation sites (tertiary alicyclic amines) is 1. The lowest BCUT2D eigenvalue weighted by Gasteiger charge is -2.36. The fraction of sp³-hybridized carbons (Fsp3) is 0.824. The van der Waals surface area contributed by atoms with E-state index in [-0.39, 0.29) is 29.8 Å². The molecule has 3 aliphatic rings. The number of primary amides is 1. The summed E-state index contributed by atoms with van der Waals surface area (Å²) in [5, 5.41) is 9.24. The number of carboxylic acids is 1. The summed E-state index contributed by atoms with van der Waals surface area (Å²) in [7, 11) is 0. The molecule has 4 atom stereocenters. The van der Waals surface area contributed by atoms with Crippen LogP contribution in [0.5, 0.6) is 0 Å². The molecule has 24 heavy (non-hydrogen) atoms. The van der Waals surface area contributed by atoms with Crippen molar-refractivity contribution in [3.05, 3.63) is 0 Å². The van der Waals surface area contributed by atoms with Crippen LogP contribution >= 0.6 is 0 Å². The summed E-state index contributed by atoms with van der Waals surface area (Å²) < 4.78 is 5.72. The average Bonchev–Trinajstić information content (AvgIpc) is 2.88. The van der Waals surface area contributed by atoms with Crippen LogP contribution in [0.25, 0.3) is 0 Å². The predicted octanol–water partition coefficient (Wildman–Crippen LogP) is 0.472. The third-order valence-electron chi connectivity index (χ3n) is 6.18. The minimum atomic E-state index is -0.892. The van der Waals surface area contributed by atoms with Crippen molar-refractivity contribution in [3.63, 3.8) is 0 Å². The van der Waals surface area contributed by atoms with Crippen molar-refractivity contribution in [1.29, 1.82) is 0 Å². The van der Waals surface area contributed by atoms with Gasteiger partial charge in [-0.25, -0.2) is 0 Å². The Morgan fingerprint density at radius 3 is 2.25 bits per heavy atom. The lowest BCUT2D eigenvalue weighted by atomic mass is 9.84. The van der Waals surface area contributed by atoms with Gasteiger partial charge in [0.05, 0.1) is 23.9 Å². The zero-order valence-corrected chi connectivity index (χ0v) is 14.2. The van der Waals surface area contributed by atoms with Crippen LogP contribution in [0.3, 0.4) is 0 Å². The van der Waals surface area contributed by atoms with Gasteiger partial charge in [0.25, 0.3) is 0 Å². The van der Waals surface area contributed by atoms with Crippen molar-refractivity contribution < 1.29 is 24.2 Å². The third kappa shape index (κ3) is 2.79. The molecule has 2 amide bonds. The maximum Gasteiger partial charge on any atom is 0.307 e. The molecule has 0 aromatic heterocycles. The molecule has 3 rings (SSSR count). The highest BCUT2D eigenvalue weighted by Gasteiger charge is 2.66. The van der Waals surface area contributed by atoms with Crippen molar-refractivity contribution >= 4 is 17.8 Å².